The second kappa shape index (κ2) is 6.36. The molecule has 0 N–H and O–H groups in total. The summed E-state index contributed by atoms with van der Waals surface area (Å²) in [6, 6.07) is 10.6. The van der Waals surface area contributed by atoms with E-state index in [0.29, 0.717) is 5.92 Å². The minimum Gasteiger partial charge on any atom is -0.299 e. The molecule has 0 amide bonds. The van der Waals surface area contributed by atoms with Gasteiger partial charge in [-0.2, -0.15) is 0 Å². The lowest BCUT2D eigenvalue weighted by Gasteiger charge is -2.30. The van der Waals surface area contributed by atoms with Crippen LogP contribution in [0.3, 0.4) is 0 Å². The largest absolute Gasteiger partial charge is 0.299 e. The zero-order chi connectivity index (χ0) is 11.9. The van der Waals surface area contributed by atoms with E-state index in [0.717, 1.165) is 38.8 Å². The van der Waals surface area contributed by atoms with Crippen molar-refractivity contribution in [2.24, 2.45) is 5.92 Å². The number of allylic oxidation sites excluding steroid dienone is 2. The van der Waals surface area contributed by atoms with E-state index >= 15 is 0 Å². The fourth-order valence-electron chi connectivity index (χ4n) is 2.35. The number of nitrogens with zero attached hydrogens (tertiary/aromatic N) is 1. The summed E-state index contributed by atoms with van der Waals surface area (Å²) in [7, 11) is 0. The third-order valence-corrected chi connectivity index (χ3v) is 3.34. The second-order valence-electron chi connectivity index (χ2n) is 4.62. The molecule has 1 heterocycles. The summed E-state index contributed by atoms with van der Waals surface area (Å²) in [4.78, 5) is 12.7. The number of likely N-dealkylation sites (tertiary alicyclic amines) is 1. The van der Waals surface area contributed by atoms with Crippen molar-refractivity contribution in [2.75, 3.05) is 13.1 Å². The lowest BCUT2D eigenvalue weighted by Crippen LogP contribution is -2.32. The maximum atomic E-state index is 10.3. The summed E-state index contributed by atoms with van der Waals surface area (Å²) < 4.78 is 0. The lowest BCUT2D eigenvalue weighted by molar-refractivity contribution is -0.104. The van der Waals surface area contributed by atoms with Gasteiger partial charge in [0.2, 0.25) is 0 Å². The van der Waals surface area contributed by atoms with Crippen LogP contribution in [0.15, 0.2) is 42.5 Å². The number of hydrogen-bond donors (Lipinski definition) is 0. The molecule has 2 nitrogen and oxygen atoms in total. The summed E-state index contributed by atoms with van der Waals surface area (Å²) in [6.07, 6.45) is 6.88. The highest BCUT2D eigenvalue weighted by Crippen LogP contribution is 2.19. The molecule has 1 fully saturated rings. The van der Waals surface area contributed by atoms with Gasteiger partial charge in [0.05, 0.1) is 0 Å². The van der Waals surface area contributed by atoms with Crippen LogP contribution in [0.1, 0.15) is 18.4 Å². The highest BCUT2D eigenvalue weighted by molar-refractivity contribution is 5.64. The van der Waals surface area contributed by atoms with Crippen LogP contribution in [0.4, 0.5) is 0 Å². The number of benzene rings is 1. The maximum absolute atomic E-state index is 10.3. The van der Waals surface area contributed by atoms with Crippen LogP contribution < -0.4 is 0 Å². The zero-order valence-corrected chi connectivity index (χ0v) is 10.1. The lowest BCUT2D eigenvalue weighted by atomic mass is 9.96. The first kappa shape index (κ1) is 12.1. The van der Waals surface area contributed by atoms with Gasteiger partial charge in [-0.15, -0.1) is 0 Å². The molecule has 0 bridgehead atoms. The molecular weight excluding hydrogens is 210 g/mol. The number of rotatable bonds is 4. The molecule has 0 spiro atoms. The fourth-order valence-corrected chi connectivity index (χ4v) is 2.35. The quantitative estimate of drug-likeness (QED) is 0.584. The average molecular weight is 229 g/mol. The summed E-state index contributed by atoms with van der Waals surface area (Å²) in [5.41, 5.74) is 1.38. The van der Waals surface area contributed by atoms with Gasteiger partial charge >= 0.3 is 0 Å². The van der Waals surface area contributed by atoms with E-state index in [-0.39, 0.29) is 0 Å². The van der Waals surface area contributed by atoms with Crippen LogP contribution in [-0.4, -0.2) is 24.3 Å². The second-order valence-corrected chi connectivity index (χ2v) is 4.62. The van der Waals surface area contributed by atoms with Crippen molar-refractivity contribution in [3.05, 3.63) is 48.0 Å². The fraction of sp³-hybridized carbons (Fsp3) is 0.400. The summed E-state index contributed by atoms with van der Waals surface area (Å²) in [5, 5.41) is 0. The molecule has 0 atom stereocenters. The van der Waals surface area contributed by atoms with Gasteiger partial charge in [0, 0.05) is 6.54 Å². The average Bonchev–Trinajstić information content (AvgIpc) is 2.39. The SMILES string of the molecule is O=C/C=C/C1CCN(Cc2ccccc2)CC1. The van der Waals surface area contributed by atoms with Gasteiger partial charge in [-0.25, -0.2) is 0 Å². The summed E-state index contributed by atoms with van der Waals surface area (Å²) in [6.45, 7) is 3.30. The number of carbonyl (C=O) groups excluding carboxylic acids is 1. The molecule has 90 valence electrons. The molecule has 0 aliphatic carbocycles. The number of hydrogen-bond acceptors (Lipinski definition) is 2. The summed E-state index contributed by atoms with van der Waals surface area (Å²) in [5.74, 6) is 0.590. The predicted molar refractivity (Wildman–Crippen MR) is 69.6 cm³/mol. The van der Waals surface area contributed by atoms with Gasteiger partial charge in [-0.1, -0.05) is 36.4 Å². The standard InChI is InChI=1S/C15H19NO/c17-12-4-7-14-8-10-16(11-9-14)13-15-5-2-1-3-6-15/h1-7,12,14H,8-11,13H2/b7-4+. The van der Waals surface area contributed by atoms with E-state index in [1.807, 2.05) is 6.08 Å². The van der Waals surface area contributed by atoms with Gasteiger partial charge in [0.25, 0.3) is 0 Å². The van der Waals surface area contributed by atoms with E-state index in [4.69, 9.17) is 0 Å². The van der Waals surface area contributed by atoms with Gasteiger partial charge in [-0.3, -0.25) is 9.69 Å². The Hall–Kier alpha value is -1.41. The van der Waals surface area contributed by atoms with E-state index < -0.39 is 0 Å². The molecule has 1 saturated heterocycles. The Morgan fingerprint density at radius 1 is 1.18 bits per heavy atom. The van der Waals surface area contributed by atoms with Crippen molar-refractivity contribution in [3.63, 3.8) is 0 Å². The van der Waals surface area contributed by atoms with E-state index in [1.54, 1.807) is 6.08 Å². The maximum Gasteiger partial charge on any atom is 0.142 e. The van der Waals surface area contributed by atoms with Crippen LogP contribution in [0, 0.1) is 5.92 Å². The predicted octanol–water partition coefficient (Wildman–Crippen LogP) is 2.65. The molecule has 1 aliphatic heterocycles. The van der Waals surface area contributed by atoms with Crippen molar-refractivity contribution in [1.29, 1.82) is 0 Å². The smallest absolute Gasteiger partial charge is 0.142 e. The Morgan fingerprint density at radius 3 is 2.53 bits per heavy atom. The van der Waals surface area contributed by atoms with Crippen molar-refractivity contribution in [2.45, 2.75) is 19.4 Å². The molecular formula is C15H19NO. The zero-order valence-electron chi connectivity index (χ0n) is 10.1. The molecule has 1 aliphatic rings. The number of carbonyl (C=O) groups is 1. The first-order chi connectivity index (χ1) is 8.38. The molecule has 1 aromatic carbocycles. The Balaban J connectivity index is 1.79. The topological polar surface area (TPSA) is 20.3 Å². The molecule has 0 aromatic heterocycles. The third kappa shape index (κ3) is 3.82. The third-order valence-electron chi connectivity index (χ3n) is 3.34. The normalized spacial score (nSPS) is 18.6. The van der Waals surface area contributed by atoms with Crippen molar-refractivity contribution >= 4 is 6.29 Å². The Kier molecular flexibility index (Phi) is 4.51. The van der Waals surface area contributed by atoms with Crippen molar-refractivity contribution in [3.8, 4) is 0 Å². The Morgan fingerprint density at radius 2 is 1.88 bits per heavy atom. The van der Waals surface area contributed by atoms with Crippen LogP contribution in [0.2, 0.25) is 0 Å². The van der Waals surface area contributed by atoms with Crippen molar-refractivity contribution < 1.29 is 4.79 Å². The van der Waals surface area contributed by atoms with Gasteiger partial charge < -0.3 is 0 Å². The Labute approximate surface area is 103 Å². The van der Waals surface area contributed by atoms with Gasteiger partial charge in [0.15, 0.2) is 0 Å². The Bertz CT molecular complexity index is 364. The molecule has 0 radical (unpaired) electrons. The van der Waals surface area contributed by atoms with Gasteiger partial charge in [-0.05, 0) is 43.5 Å². The monoisotopic (exact) mass is 229 g/mol. The van der Waals surface area contributed by atoms with E-state index in [1.165, 1.54) is 5.56 Å². The first-order valence-electron chi connectivity index (χ1n) is 6.27. The number of piperidine rings is 1. The van der Waals surface area contributed by atoms with Crippen LogP contribution in [0.5, 0.6) is 0 Å². The molecule has 0 saturated carbocycles. The first-order valence-corrected chi connectivity index (χ1v) is 6.27. The summed E-state index contributed by atoms with van der Waals surface area (Å²) >= 11 is 0. The molecule has 0 unspecified atom stereocenters. The van der Waals surface area contributed by atoms with Crippen molar-refractivity contribution in [1.82, 2.24) is 4.90 Å². The minimum absolute atomic E-state index is 0.590. The minimum atomic E-state index is 0.590. The molecule has 2 rings (SSSR count). The van der Waals surface area contributed by atoms with Crippen LogP contribution in [-0.2, 0) is 11.3 Å². The molecule has 1 aromatic rings. The molecule has 17 heavy (non-hydrogen) atoms. The van der Waals surface area contributed by atoms with Crippen LogP contribution in [0.25, 0.3) is 0 Å². The van der Waals surface area contributed by atoms with E-state index in [9.17, 15) is 4.79 Å². The van der Waals surface area contributed by atoms with Gasteiger partial charge in [0.1, 0.15) is 6.29 Å². The van der Waals surface area contributed by atoms with E-state index in [2.05, 4.69) is 35.2 Å². The highest BCUT2D eigenvalue weighted by atomic mass is 16.1. The number of aldehydes is 1. The molecule has 2 heteroatoms. The highest BCUT2D eigenvalue weighted by Gasteiger charge is 2.16. The van der Waals surface area contributed by atoms with Crippen LogP contribution >= 0.6 is 0 Å².